The molecule has 1 aliphatic rings. The van der Waals surface area contributed by atoms with E-state index in [0.29, 0.717) is 25.5 Å². The highest BCUT2D eigenvalue weighted by Gasteiger charge is 2.17. The van der Waals surface area contributed by atoms with Crippen LogP contribution in [-0.4, -0.2) is 25.6 Å². The molecule has 0 aromatic heterocycles. The first-order valence-electron chi connectivity index (χ1n) is 6.97. The Balaban J connectivity index is 0.00000200. The van der Waals surface area contributed by atoms with Crippen LogP contribution in [0.1, 0.15) is 25.3 Å². The minimum Gasteiger partial charge on any atom is -0.494 e. The fourth-order valence-electron chi connectivity index (χ4n) is 2.34. The van der Waals surface area contributed by atoms with Crippen LogP contribution in [0.25, 0.3) is 0 Å². The highest BCUT2D eigenvalue weighted by atomic mass is 35.5. The van der Waals surface area contributed by atoms with Gasteiger partial charge in [0.15, 0.2) is 0 Å². The van der Waals surface area contributed by atoms with Crippen LogP contribution in [0.5, 0.6) is 5.75 Å². The van der Waals surface area contributed by atoms with Crippen LogP contribution in [0.4, 0.5) is 0 Å². The van der Waals surface area contributed by atoms with Gasteiger partial charge >= 0.3 is 0 Å². The first-order chi connectivity index (χ1) is 9.28. The third-order valence-electron chi connectivity index (χ3n) is 3.34. The smallest absolute Gasteiger partial charge is 0.220 e. The summed E-state index contributed by atoms with van der Waals surface area (Å²) in [5.74, 6) is 1.49. The van der Waals surface area contributed by atoms with Crippen LogP contribution in [0.2, 0.25) is 0 Å². The number of hydrogen-bond donors (Lipinski definition) is 2. The van der Waals surface area contributed by atoms with Crippen molar-refractivity contribution in [2.24, 2.45) is 5.92 Å². The van der Waals surface area contributed by atoms with E-state index in [-0.39, 0.29) is 18.3 Å². The number of ether oxygens (including phenoxy) is 1. The number of nitrogens with one attached hydrogen (secondary N) is 2. The Labute approximate surface area is 126 Å². The second-order valence-electron chi connectivity index (χ2n) is 4.92. The lowest BCUT2D eigenvalue weighted by Crippen LogP contribution is -2.25. The van der Waals surface area contributed by atoms with Crippen LogP contribution in [0.3, 0.4) is 0 Å². The van der Waals surface area contributed by atoms with E-state index in [2.05, 4.69) is 10.6 Å². The molecule has 2 rings (SSSR count). The van der Waals surface area contributed by atoms with Crippen molar-refractivity contribution in [3.63, 3.8) is 0 Å². The summed E-state index contributed by atoms with van der Waals surface area (Å²) in [6, 6.07) is 7.85. The van der Waals surface area contributed by atoms with Crippen LogP contribution < -0.4 is 15.4 Å². The summed E-state index contributed by atoms with van der Waals surface area (Å²) >= 11 is 0. The Morgan fingerprint density at radius 1 is 1.50 bits per heavy atom. The molecule has 1 fully saturated rings. The lowest BCUT2D eigenvalue weighted by molar-refractivity contribution is -0.122. The van der Waals surface area contributed by atoms with Crippen molar-refractivity contribution in [2.45, 2.75) is 26.3 Å². The fraction of sp³-hybridized carbons (Fsp3) is 0.533. The highest BCUT2D eigenvalue weighted by Crippen LogP contribution is 2.14. The van der Waals surface area contributed by atoms with E-state index >= 15 is 0 Å². The normalized spacial score (nSPS) is 17.4. The molecule has 20 heavy (non-hydrogen) atoms. The molecule has 1 unspecified atom stereocenters. The summed E-state index contributed by atoms with van der Waals surface area (Å²) in [4.78, 5) is 11.8. The Morgan fingerprint density at radius 2 is 2.35 bits per heavy atom. The molecule has 1 aromatic rings. The molecule has 0 aliphatic carbocycles. The zero-order valence-corrected chi connectivity index (χ0v) is 12.7. The van der Waals surface area contributed by atoms with Gasteiger partial charge in [-0.15, -0.1) is 12.4 Å². The highest BCUT2D eigenvalue weighted by molar-refractivity contribution is 5.85. The minimum absolute atomic E-state index is 0. The Bertz CT molecular complexity index is 420. The molecule has 0 saturated carbocycles. The second kappa shape index (κ2) is 8.82. The fourth-order valence-corrected chi connectivity index (χ4v) is 2.34. The van der Waals surface area contributed by atoms with E-state index in [1.165, 1.54) is 0 Å². The maximum atomic E-state index is 11.8. The van der Waals surface area contributed by atoms with Gasteiger partial charge < -0.3 is 15.4 Å². The first-order valence-corrected chi connectivity index (χ1v) is 6.97. The first kappa shape index (κ1) is 16.8. The number of halogens is 1. The third-order valence-corrected chi connectivity index (χ3v) is 3.34. The molecule has 1 atom stereocenters. The van der Waals surface area contributed by atoms with Gasteiger partial charge in [-0.1, -0.05) is 12.1 Å². The monoisotopic (exact) mass is 298 g/mol. The molecule has 0 spiro atoms. The molecule has 1 heterocycles. The molecular formula is C15H23ClN2O2. The molecular weight excluding hydrogens is 276 g/mol. The maximum absolute atomic E-state index is 11.8. The standard InChI is InChI=1S/C15H22N2O2.ClH/c1-2-19-14-5-3-4-12(8-14)11-17-15(18)9-13-6-7-16-10-13;/h3-5,8,13,16H,2,6-7,9-11H2,1H3,(H,17,18);1H. The number of rotatable bonds is 6. The van der Waals surface area contributed by atoms with Crippen molar-refractivity contribution < 1.29 is 9.53 Å². The van der Waals surface area contributed by atoms with Gasteiger partial charge in [0.05, 0.1) is 6.61 Å². The van der Waals surface area contributed by atoms with E-state index in [0.717, 1.165) is 30.8 Å². The Hall–Kier alpha value is -1.26. The number of benzene rings is 1. The van der Waals surface area contributed by atoms with Crippen LogP contribution in [0, 0.1) is 5.92 Å². The lowest BCUT2D eigenvalue weighted by atomic mass is 10.0. The van der Waals surface area contributed by atoms with Gasteiger partial charge in [-0.2, -0.15) is 0 Å². The molecule has 1 saturated heterocycles. The van der Waals surface area contributed by atoms with Gasteiger partial charge in [0.2, 0.25) is 5.91 Å². The summed E-state index contributed by atoms with van der Waals surface area (Å²) in [5.41, 5.74) is 1.07. The average Bonchev–Trinajstić information content (AvgIpc) is 2.90. The minimum atomic E-state index is 0. The van der Waals surface area contributed by atoms with Crippen molar-refractivity contribution >= 4 is 18.3 Å². The van der Waals surface area contributed by atoms with Crippen molar-refractivity contribution in [1.29, 1.82) is 0 Å². The van der Waals surface area contributed by atoms with Gasteiger partial charge in [0.1, 0.15) is 5.75 Å². The summed E-state index contributed by atoms with van der Waals surface area (Å²) in [6.07, 6.45) is 1.73. The third kappa shape index (κ3) is 5.39. The molecule has 1 aliphatic heterocycles. The lowest BCUT2D eigenvalue weighted by Gasteiger charge is -2.10. The summed E-state index contributed by atoms with van der Waals surface area (Å²) in [6.45, 7) is 5.19. The Morgan fingerprint density at radius 3 is 3.05 bits per heavy atom. The van der Waals surface area contributed by atoms with Crippen LogP contribution in [-0.2, 0) is 11.3 Å². The molecule has 0 radical (unpaired) electrons. The summed E-state index contributed by atoms with van der Waals surface area (Å²) < 4.78 is 5.44. The number of carbonyl (C=O) groups excluding carboxylic acids is 1. The number of carbonyl (C=O) groups is 1. The van der Waals surface area contributed by atoms with E-state index < -0.39 is 0 Å². The van der Waals surface area contributed by atoms with Crippen molar-refractivity contribution in [3.05, 3.63) is 29.8 Å². The molecule has 5 heteroatoms. The predicted molar refractivity (Wildman–Crippen MR) is 82.3 cm³/mol. The average molecular weight is 299 g/mol. The zero-order valence-electron chi connectivity index (χ0n) is 11.9. The molecule has 2 N–H and O–H groups in total. The quantitative estimate of drug-likeness (QED) is 0.846. The molecule has 1 aromatic carbocycles. The molecule has 0 bridgehead atoms. The molecule has 112 valence electrons. The molecule has 1 amide bonds. The second-order valence-corrected chi connectivity index (χ2v) is 4.92. The number of hydrogen-bond acceptors (Lipinski definition) is 3. The number of amides is 1. The van der Waals surface area contributed by atoms with Crippen LogP contribution in [0.15, 0.2) is 24.3 Å². The van der Waals surface area contributed by atoms with E-state index in [1.54, 1.807) is 0 Å². The van der Waals surface area contributed by atoms with Gasteiger partial charge in [-0.05, 0) is 50.0 Å². The van der Waals surface area contributed by atoms with Gasteiger partial charge in [0, 0.05) is 13.0 Å². The summed E-state index contributed by atoms with van der Waals surface area (Å²) in [7, 11) is 0. The van der Waals surface area contributed by atoms with E-state index in [1.807, 2.05) is 31.2 Å². The topological polar surface area (TPSA) is 50.4 Å². The van der Waals surface area contributed by atoms with Crippen molar-refractivity contribution in [3.8, 4) is 5.75 Å². The SMILES string of the molecule is CCOc1cccc(CNC(=O)CC2CCNC2)c1.Cl. The zero-order chi connectivity index (χ0) is 13.5. The summed E-state index contributed by atoms with van der Waals surface area (Å²) in [5, 5.41) is 6.25. The predicted octanol–water partition coefficient (Wildman–Crippen LogP) is 2.12. The molecule has 4 nitrogen and oxygen atoms in total. The van der Waals surface area contributed by atoms with E-state index in [4.69, 9.17) is 4.74 Å². The van der Waals surface area contributed by atoms with Crippen molar-refractivity contribution in [2.75, 3.05) is 19.7 Å². The van der Waals surface area contributed by atoms with Crippen molar-refractivity contribution in [1.82, 2.24) is 10.6 Å². The van der Waals surface area contributed by atoms with Gasteiger partial charge in [-0.25, -0.2) is 0 Å². The maximum Gasteiger partial charge on any atom is 0.220 e. The van der Waals surface area contributed by atoms with Gasteiger partial charge in [0.25, 0.3) is 0 Å². The Kier molecular flexibility index (Phi) is 7.41. The van der Waals surface area contributed by atoms with Crippen LogP contribution >= 0.6 is 12.4 Å². The largest absolute Gasteiger partial charge is 0.494 e. The van der Waals surface area contributed by atoms with Gasteiger partial charge in [-0.3, -0.25) is 4.79 Å². The van der Waals surface area contributed by atoms with E-state index in [9.17, 15) is 4.79 Å².